The zero-order valence-electron chi connectivity index (χ0n) is 18.4. The average molecular weight is 396 g/mol. The minimum atomic E-state index is -0.911. The number of rotatable bonds is 6. The van der Waals surface area contributed by atoms with Crippen molar-refractivity contribution >= 4 is 0 Å². The standard InChI is InChI=1S/C26H37NO2/c1-5-26(28)15-13-24-23-10-8-19-18-20(29-17-16-27(6-2)7-3)9-11-21(19)22(23)12-14-25(24,26)4/h1,9,11,18,22-24,28H,6-8,10,12-17H2,2-4H3/t22?,23?,24?,25-,26-/m0/s1. The van der Waals surface area contributed by atoms with E-state index in [-0.39, 0.29) is 5.41 Å². The molecular formula is C26H37NO2. The number of aryl methyl sites for hydroxylation is 1. The molecule has 0 amide bonds. The van der Waals surface area contributed by atoms with Gasteiger partial charge in [0.25, 0.3) is 0 Å². The molecule has 0 aromatic heterocycles. The quantitative estimate of drug-likeness (QED) is 0.713. The minimum Gasteiger partial charge on any atom is -0.492 e. The van der Waals surface area contributed by atoms with Gasteiger partial charge in [0.2, 0.25) is 0 Å². The van der Waals surface area contributed by atoms with Gasteiger partial charge in [-0.25, -0.2) is 0 Å². The Kier molecular flexibility index (Phi) is 5.70. The van der Waals surface area contributed by atoms with E-state index >= 15 is 0 Å². The molecule has 3 heteroatoms. The lowest BCUT2D eigenvalue weighted by molar-refractivity contribution is -0.0646. The van der Waals surface area contributed by atoms with Crippen LogP contribution in [0.2, 0.25) is 0 Å². The SMILES string of the molecule is C#C[C@]1(O)CCC2C3CCc4cc(OCCN(CC)CC)ccc4C3CC[C@@]21C. The Labute approximate surface area is 176 Å². The summed E-state index contributed by atoms with van der Waals surface area (Å²) in [6.45, 7) is 10.5. The molecule has 0 bridgehead atoms. The number of benzene rings is 1. The lowest BCUT2D eigenvalue weighted by Crippen LogP contribution is -2.50. The maximum atomic E-state index is 11.1. The van der Waals surface area contributed by atoms with Crippen molar-refractivity contribution in [2.45, 2.75) is 70.8 Å². The van der Waals surface area contributed by atoms with E-state index in [0.29, 0.717) is 17.8 Å². The minimum absolute atomic E-state index is 0.117. The molecular weight excluding hydrogens is 358 g/mol. The van der Waals surface area contributed by atoms with Crippen LogP contribution < -0.4 is 4.74 Å². The maximum absolute atomic E-state index is 11.1. The van der Waals surface area contributed by atoms with Crippen LogP contribution in [0.15, 0.2) is 18.2 Å². The summed E-state index contributed by atoms with van der Waals surface area (Å²) in [6.07, 6.45) is 12.1. The third kappa shape index (κ3) is 3.39. The zero-order valence-corrected chi connectivity index (χ0v) is 18.4. The van der Waals surface area contributed by atoms with Gasteiger partial charge in [-0.3, -0.25) is 0 Å². The van der Waals surface area contributed by atoms with Gasteiger partial charge in [0, 0.05) is 12.0 Å². The number of hydrogen-bond donors (Lipinski definition) is 1. The smallest absolute Gasteiger partial charge is 0.130 e. The Hall–Kier alpha value is -1.50. The Morgan fingerprint density at radius 1 is 1.21 bits per heavy atom. The fraction of sp³-hybridized carbons (Fsp3) is 0.692. The molecule has 0 spiro atoms. The van der Waals surface area contributed by atoms with Crippen LogP contribution in [0.1, 0.15) is 69.9 Å². The van der Waals surface area contributed by atoms with Crippen molar-refractivity contribution < 1.29 is 9.84 Å². The summed E-state index contributed by atoms with van der Waals surface area (Å²) in [5.74, 6) is 5.59. The number of likely N-dealkylation sites (N-methyl/N-ethyl adjacent to an activating group) is 1. The largest absolute Gasteiger partial charge is 0.492 e. The van der Waals surface area contributed by atoms with Crippen molar-refractivity contribution in [3.8, 4) is 18.1 Å². The number of ether oxygens (including phenoxy) is 1. The van der Waals surface area contributed by atoms with Gasteiger partial charge in [-0.1, -0.05) is 32.8 Å². The summed E-state index contributed by atoms with van der Waals surface area (Å²) in [5, 5.41) is 11.1. The predicted molar refractivity (Wildman–Crippen MR) is 118 cm³/mol. The van der Waals surface area contributed by atoms with Gasteiger partial charge in [-0.2, -0.15) is 0 Å². The molecule has 3 nitrogen and oxygen atoms in total. The normalized spacial score (nSPS) is 35.5. The van der Waals surface area contributed by atoms with Gasteiger partial charge in [-0.05, 0) is 92.6 Å². The van der Waals surface area contributed by atoms with E-state index in [1.165, 1.54) is 17.5 Å². The van der Waals surface area contributed by atoms with Crippen LogP contribution in [0.25, 0.3) is 0 Å². The van der Waals surface area contributed by atoms with Crippen molar-refractivity contribution in [2.75, 3.05) is 26.2 Å². The highest BCUT2D eigenvalue weighted by Crippen LogP contribution is 2.64. The second-order valence-electron chi connectivity index (χ2n) is 9.65. The third-order valence-corrected chi connectivity index (χ3v) is 8.66. The first-order chi connectivity index (χ1) is 14.0. The average Bonchev–Trinajstić information content (AvgIpc) is 3.02. The van der Waals surface area contributed by atoms with Gasteiger partial charge in [0.1, 0.15) is 18.0 Å². The topological polar surface area (TPSA) is 32.7 Å². The van der Waals surface area contributed by atoms with Crippen LogP contribution in [0.5, 0.6) is 5.75 Å². The molecule has 3 aliphatic carbocycles. The van der Waals surface area contributed by atoms with E-state index in [1.807, 2.05) is 0 Å². The van der Waals surface area contributed by atoms with E-state index in [0.717, 1.165) is 64.1 Å². The molecule has 1 aromatic carbocycles. The molecule has 4 rings (SSSR count). The van der Waals surface area contributed by atoms with Crippen molar-refractivity contribution in [2.24, 2.45) is 17.3 Å². The fourth-order valence-electron chi connectivity index (χ4n) is 6.73. The van der Waals surface area contributed by atoms with Crippen LogP contribution >= 0.6 is 0 Å². The number of nitrogens with zero attached hydrogens (tertiary/aromatic N) is 1. The summed E-state index contributed by atoms with van der Waals surface area (Å²) in [7, 11) is 0. The third-order valence-electron chi connectivity index (χ3n) is 8.66. The van der Waals surface area contributed by atoms with Crippen LogP contribution in [0.4, 0.5) is 0 Å². The van der Waals surface area contributed by atoms with Gasteiger partial charge < -0.3 is 14.7 Å². The first-order valence-electron chi connectivity index (χ1n) is 11.6. The Morgan fingerprint density at radius 2 is 2.00 bits per heavy atom. The van der Waals surface area contributed by atoms with Gasteiger partial charge in [0.15, 0.2) is 0 Å². The van der Waals surface area contributed by atoms with E-state index in [2.05, 4.69) is 49.8 Å². The van der Waals surface area contributed by atoms with E-state index < -0.39 is 5.60 Å². The number of fused-ring (bicyclic) bond motifs is 5. The molecule has 158 valence electrons. The van der Waals surface area contributed by atoms with E-state index in [1.54, 1.807) is 0 Å². The molecule has 0 heterocycles. The van der Waals surface area contributed by atoms with Crippen molar-refractivity contribution in [1.82, 2.24) is 4.90 Å². The molecule has 1 aromatic rings. The first-order valence-corrected chi connectivity index (χ1v) is 11.6. The lowest BCUT2D eigenvalue weighted by atomic mass is 9.53. The van der Waals surface area contributed by atoms with Gasteiger partial charge in [-0.15, -0.1) is 6.42 Å². The fourth-order valence-corrected chi connectivity index (χ4v) is 6.73. The van der Waals surface area contributed by atoms with Crippen LogP contribution in [-0.4, -0.2) is 41.8 Å². The predicted octanol–water partition coefficient (Wildman–Crippen LogP) is 4.63. The summed E-state index contributed by atoms with van der Waals surface area (Å²) < 4.78 is 6.07. The van der Waals surface area contributed by atoms with Crippen molar-refractivity contribution in [3.63, 3.8) is 0 Å². The molecule has 0 aliphatic heterocycles. The maximum Gasteiger partial charge on any atom is 0.130 e. The Balaban J connectivity index is 1.47. The number of aliphatic hydroxyl groups is 1. The summed E-state index contributed by atoms with van der Waals surface area (Å²) in [6, 6.07) is 6.78. The molecule has 5 atom stereocenters. The molecule has 3 unspecified atom stereocenters. The van der Waals surface area contributed by atoms with Crippen LogP contribution in [0.3, 0.4) is 0 Å². The van der Waals surface area contributed by atoms with E-state index in [4.69, 9.17) is 11.2 Å². The number of hydrogen-bond acceptors (Lipinski definition) is 3. The Morgan fingerprint density at radius 3 is 2.72 bits per heavy atom. The zero-order chi connectivity index (χ0) is 20.6. The molecule has 0 radical (unpaired) electrons. The molecule has 0 saturated heterocycles. The van der Waals surface area contributed by atoms with E-state index in [9.17, 15) is 5.11 Å². The summed E-state index contributed by atoms with van der Waals surface area (Å²) in [5.41, 5.74) is 1.97. The molecule has 3 aliphatic rings. The van der Waals surface area contributed by atoms with Gasteiger partial charge >= 0.3 is 0 Å². The molecule has 29 heavy (non-hydrogen) atoms. The van der Waals surface area contributed by atoms with Crippen molar-refractivity contribution in [3.05, 3.63) is 29.3 Å². The lowest BCUT2D eigenvalue weighted by Gasteiger charge is -2.52. The van der Waals surface area contributed by atoms with Crippen LogP contribution in [0, 0.1) is 29.6 Å². The number of terminal acetylenes is 1. The van der Waals surface area contributed by atoms with Crippen molar-refractivity contribution in [1.29, 1.82) is 0 Å². The summed E-state index contributed by atoms with van der Waals surface area (Å²) >= 11 is 0. The monoisotopic (exact) mass is 395 g/mol. The molecule has 2 fully saturated rings. The first kappa shape index (κ1) is 20.8. The molecule has 1 N–H and O–H groups in total. The second-order valence-corrected chi connectivity index (χ2v) is 9.65. The highest BCUT2D eigenvalue weighted by Gasteiger charge is 2.61. The van der Waals surface area contributed by atoms with Crippen LogP contribution in [-0.2, 0) is 6.42 Å². The van der Waals surface area contributed by atoms with Gasteiger partial charge in [0.05, 0.1) is 0 Å². The Bertz CT molecular complexity index is 779. The highest BCUT2D eigenvalue weighted by atomic mass is 16.5. The highest BCUT2D eigenvalue weighted by molar-refractivity contribution is 5.41. The second kappa shape index (κ2) is 7.97. The molecule has 2 saturated carbocycles. The summed E-state index contributed by atoms with van der Waals surface area (Å²) in [4.78, 5) is 2.39.